The van der Waals surface area contributed by atoms with Crippen LogP contribution in [0.1, 0.15) is 77.2 Å². The highest BCUT2D eigenvalue weighted by Crippen LogP contribution is 2.24. The monoisotopic (exact) mass is 495 g/mol. The number of benzene rings is 2. The molecule has 2 rings (SSSR count). The molecule has 0 bridgehead atoms. The fourth-order valence-electron chi connectivity index (χ4n) is 3.43. The van der Waals surface area contributed by atoms with Gasteiger partial charge in [0.05, 0.1) is 25.5 Å². The predicted molar refractivity (Wildman–Crippen MR) is 146 cm³/mol. The van der Waals surface area contributed by atoms with E-state index in [9.17, 15) is 9.90 Å². The zero-order valence-electron chi connectivity index (χ0n) is 21.8. The van der Waals surface area contributed by atoms with Crippen LogP contribution in [0.25, 0.3) is 0 Å². The number of phenolic OH excluding ortho intramolecular Hbond substituents is 1. The fourth-order valence-corrected chi connectivity index (χ4v) is 3.43. The first-order valence-electron chi connectivity index (χ1n) is 13.0. The highest BCUT2D eigenvalue weighted by molar-refractivity contribution is 5.87. The summed E-state index contributed by atoms with van der Waals surface area (Å²) in [7, 11) is 0. The van der Waals surface area contributed by atoms with E-state index in [0.717, 1.165) is 30.9 Å². The van der Waals surface area contributed by atoms with E-state index >= 15 is 0 Å². The van der Waals surface area contributed by atoms with Gasteiger partial charge in [0.2, 0.25) is 0 Å². The Morgan fingerprint density at radius 3 is 2.11 bits per heavy atom. The van der Waals surface area contributed by atoms with Crippen molar-refractivity contribution in [3.63, 3.8) is 0 Å². The molecule has 0 fully saturated rings. The maximum absolute atomic E-state index is 11.3. The van der Waals surface area contributed by atoms with Crippen LogP contribution in [0.4, 0.5) is 5.69 Å². The van der Waals surface area contributed by atoms with Crippen LogP contribution in [0.15, 0.2) is 59.6 Å². The number of rotatable bonds is 18. The normalized spacial score (nSPS) is 10.9. The molecule has 0 saturated heterocycles. The molecule has 2 aromatic rings. The molecule has 1 N–H and O–H groups in total. The molecular formula is C30H41NO5. The summed E-state index contributed by atoms with van der Waals surface area (Å²) < 4.78 is 16.5. The van der Waals surface area contributed by atoms with Crippen LogP contribution < -0.4 is 9.47 Å². The number of aliphatic imine (C=N–C) groups is 1. The van der Waals surface area contributed by atoms with Gasteiger partial charge in [-0.1, -0.05) is 52.0 Å². The van der Waals surface area contributed by atoms with Crippen molar-refractivity contribution in [1.29, 1.82) is 0 Å². The Morgan fingerprint density at radius 2 is 1.44 bits per heavy atom. The summed E-state index contributed by atoms with van der Waals surface area (Å²) in [4.78, 5) is 15.8. The Bertz CT molecular complexity index is 952. The molecule has 6 heteroatoms. The third-order valence-electron chi connectivity index (χ3n) is 5.60. The number of hydrogen-bond acceptors (Lipinski definition) is 6. The lowest BCUT2D eigenvalue weighted by atomic mass is 10.1. The summed E-state index contributed by atoms with van der Waals surface area (Å²) in [6.07, 6.45) is 11.9. The number of esters is 1. The van der Waals surface area contributed by atoms with Gasteiger partial charge in [0.25, 0.3) is 0 Å². The molecule has 0 heterocycles. The summed E-state index contributed by atoms with van der Waals surface area (Å²) in [6.45, 7) is 8.94. The van der Waals surface area contributed by atoms with Gasteiger partial charge in [-0.2, -0.15) is 0 Å². The van der Waals surface area contributed by atoms with Gasteiger partial charge >= 0.3 is 5.97 Å². The average Bonchev–Trinajstić information content (AvgIpc) is 2.87. The highest BCUT2D eigenvalue weighted by Gasteiger charge is 2.04. The first-order valence-corrected chi connectivity index (χ1v) is 13.0. The molecule has 0 aromatic heterocycles. The van der Waals surface area contributed by atoms with Crippen LogP contribution in [0.5, 0.6) is 17.2 Å². The fraction of sp³-hybridized carbons (Fsp3) is 0.467. The average molecular weight is 496 g/mol. The molecule has 0 aliphatic carbocycles. The lowest BCUT2D eigenvalue weighted by molar-refractivity contribution is -0.139. The van der Waals surface area contributed by atoms with Crippen LogP contribution in [0.2, 0.25) is 0 Å². The second-order valence-corrected chi connectivity index (χ2v) is 8.91. The maximum Gasteiger partial charge on any atom is 0.333 e. The molecule has 0 aliphatic rings. The summed E-state index contributed by atoms with van der Waals surface area (Å²) in [5.41, 5.74) is 1.78. The second-order valence-electron chi connectivity index (χ2n) is 8.91. The van der Waals surface area contributed by atoms with E-state index in [4.69, 9.17) is 14.2 Å². The SMILES string of the molecule is C=C(C)C(=O)OCCCCOc1ccc(C=Nc2ccc(OCCCCCCCCC)cc2)c(O)c1. The van der Waals surface area contributed by atoms with Gasteiger partial charge in [0.15, 0.2) is 0 Å². The Morgan fingerprint density at radius 1 is 0.861 bits per heavy atom. The van der Waals surface area contributed by atoms with Crippen LogP contribution in [0.3, 0.4) is 0 Å². The van der Waals surface area contributed by atoms with Gasteiger partial charge < -0.3 is 19.3 Å². The number of ether oxygens (including phenoxy) is 3. The number of carbonyl (C=O) groups is 1. The van der Waals surface area contributed by atoms with E-state index in [1.165, 1.54) is 38.5 Å². The van der Waals surface area contributed by atoms with Crippen molar-refractivity contribution in [2.45, 2.75) is 71.6 Å². The largest absolute Gasteiger partial charge is 0.507 e. The number of nitrogens with zero attached hydrogens (tertiary/aromatic N) is 1. The molecule has 0 amide bonds. The van der Waals surface area contributed by atoms with E-state index in [2.05, 4.69) is 18.5 Å². The summed E-state index contributed by atoms with van der Waals surface area (Å²) >= 11 is 0. The first kappa shape index (κ1) is 29.0. The van der Waals surface area contributed by atoms with E-state index in [-0.39, 0.29) is 11.7 Å². The van der Waals surface area contributed by atoms with E-state index in [1.807, 2.05) is 24.3 Å². The first-order chi connectivity index (χ1) is 17.5. The molecule has 0 radical (unpaired) electrons. The molecule has 0 atom stereocenters. The van der Waals surface area contributed by atoms with Crippen molar-refractivity contribution in [2.75, 3.05) is 19.8 Å². The van der Waals surface area contributed by atoms with Crippen molar-refractivity contribution in [3.05, 3.63) is 60.2 Å². The van der Waals surface area contributed by atoms with Gasteiger partial charge in [-0.3, -0.25) is 4.99 Å². The second kappa shape index (κ2) is 17.2. The summed E-state index contributed by atoms with van der Waals surface area (Å²) in [6, 6.07) is 12.8. The van der Waals surface area contributed by atoms with Crippen molar-refractivity contribution in [2.24, 2.45) is 4.99 Å². The zero-order valence-corrected chi connectivity index (χ0v) is 21.8. The minimum absolute atomic E-state index is 0.0984. The molecule has 196 valence electrons. The van der Waals surface area contributed by atoms with Crippen molar-refractivity contribution >= 4 is 17.9 Å². The molecule has 36 heavy (non-hydrogen) atoms. The molecule has 6 nitrogen and oxygen atoms in total. The Balaban J connectivity index is 1.68. The van der Waals surface area contributed by atoms with Gasteiger partial charge in [0.1, 0.15) is 17.2 Å². The van der Waals surface area contributed by atoms with E-state index < -0.39 is 0 Å². The van der Waals surface area contributed by atoms with Crippen LogP contribution in [-0.2, 0) is 9.53 Å². The molecule has 0 unspecified atom stereocenters. The third kappa shape index (κ3) is 11.9. The minimum atomic E-state index is -0.374. The molecule has 0 saturated carbocycles. The zero-order chi connectivity index (χ0) is 26.0. The molecule has 2 aromatic carbocycles. The van der Waals surface area contributed by atoms with E-state index in [1.54, 1.807) is 31.3 Å². The van der Waals surface area contributed by atoms with Crippen molar-refractivity contribution in [1.82, 2.24) is 0 Å². The molecular weight excluding hydrogens is 454 g/mol. The highest BCUT2D eigenvalue weighted by atomic mass is 16.5. The number of hydrogen-bond donors (Lipinski definition) is 1. The van der Waals surface area contributed by atoms with Crippen molar-refractivity contribution < 1.29 is 24.1 Å². The Kier molecular flexibility index (Phi) is 13.8. The topological polar surface area (TPSA) is 77.4 Å². The number of aromatic hydroxyl groups is 1. The number of carbonyl (C=O) groups excluding carboxylic acids is 1. The minimum Gasteiger partial charge on any atom is -0.507 e. The predicted octanol–water partition coefficient (Wildman–Crippen LogP) is 7.55. The summed E-state index contributed by atoms with van der Waals surface area (Å²) in [5.74, 6) is 1.15. The van der Waals surface area contributed by atoms with Crippen LogP contribution >= 0.6 is 0 Å². The lowest BCUT2D eigenvalue weighted by Gasteiger charge is -2.08. The van der Waals surface area contributed by atoms with Gasteiger partial charge in [-0.25, -0.2) is 4.79 Å². The smallest absolute Gasteiger partial charge is 0.333 e. The van der Waals surface area contributed by atoms with Crippen molar-refractivity contribution in [3.8, 4) is 17.2 Å². The molecule has 0 spiro atoms. The quantitative estimate of drug-likeness (QED) is 0.1000. The van der Waals surface area contributed by atoms with Gasteiger partial charge in [-0.05, 0) is 62.6 Å². The van der Waals surface area contributed by atoms with E-state index in [0.29, 0.717) is 36.5 Å². The Hall–Kier alpha value is -3.28. The summed E-state index contributed by atoms with van der Waals surface area (Å²) in [5, 5.41) is 10.3. The van der Waals surface area contributed by atoms with Gasteiger partial charge in [0, 0.05) is 23.4 Å². The Labute approximate surface area is 216 Å². The maximum atomic E-state index is 11.3. The van der Waals surface area contributed by atoms with Gasteiger partial charge in [-0.15, -0.1) is 0 Å². The standard InChI is InChI=1S/C30H41NO5/c1-4-5-6-7-8-9-10-19-34-27-17-14-26(15-18-27)31-23-25-13-16-28(22-29(25)32)35-20-11-12-21-36-30(33)24(2)3/h13-18,22-23,32H,2,4-12,19-21H2,1,3H3. The van der Waals surface area contributed by atoms with Crippen LogP contribution in [0, 0.1) is 0 Å². The number of phenols is 1. The third-order valence-corrected chi connectivity index (χ3v) is 5.60. The molecule has 0 aliphatic heterocycles. The van der Waals surface area contributed by atoms with Crippen LogP contribution in [-0.4, -0.2) is 37.1 Å². The lowest BCUT2D eigenvalue weighted by Crippen LogP contribution is -2.07. The number of unbranched alkanes of at least 4 members (excludes halogenated alkanes) is 7.